The van der Waals surface area contributed by atoms with E-state index < -0.39 is 5.60 Å². The van der Waals surface area contributed by atoms with Gasteiger partial charge in [0.25, 0.3) is 0 Å². The van der Waals surface area contributed by atoms with Gasteiger partial charge in [-0.05, 0) is 51.2 Å². The van der Waals surface area contributed by atoms with E-state index in [0.29, 0.717) is 19.0 Å². The lowest BCUT2D eigenvalue weighted by atomic mass is 9.96. The van der Waals surface area contributed by atoms with Crippen molar-refractivity contribution in [3.63, 3.8) is 0 Å². The van der Waals surface area contributed by atoms with E-state index in [1.165, 1.54) is 6.07 Å². The molecule has 0 saturated heterocycles. The molecule has 0 amide bonds. The fraction of sp³-hybridized carbons (Fsp3) is 0.409. The molecule has 0 saturated carbocycles. The minimum absolute atomic E-state index is 0.0193. The number of benzene rings is 2. The normalized spacial score (nSPS) is 15.2. The molecule has 5 nitrogen and oxygen atoms in total. The van der Waals surface area contributed by atoms with Crippen LogP contribution in [-0.2, 0) is 5.60 Å². The Labute approximate surface area is 167 Å². The maximum atomic E-state index is 13.6. The molecule has 2 aromatic carbocycles. The molecular weight excluding hydrogens is 355 g/mol. The van der Waals surface area contributed by atoms with E-state index in [1.54, 1.807) is 19.1 Å². The van der Waals surface area contributed by atoms with Crippen molar-refractivity contribution in [3.05, 3.63) is 71.5 Å². The Morgan fingerprint density at radius 2 is 1.86 bits per heavy atom. The lowest BCUT2D eigenvalue weighted by molar-refractivity contribution is 0.0672. The Balaban J connectivity index is 2.09. The summed E-state index contributed by atoms with van der Waals surface area (Å²) < 4.78 is 13.6. The van der Waals surface area contributed by atoms with Crippen LogP contribution in [0.15, 0.2) is 59.6 Å². The standard InChI is InChI=1S/C22H31FN4O/c1-5-24-21(26-16-22(2,28)18-11-7-6-8-12-18)25-15-20(27(3)4)17-10-9-13-19(23)14-17/h6-14,20,28H,5,15-16H2,1-4H3,(H2,24,25,26). The average Bonchev–Trinajstić information content (AvgIpc) is 2.67. The summed E-state index contributed by atoms with van der Waals surface area (Å²) in [5.41, 5.74) is 0.651. The first kappa shape index (κ1) is 21.9. The van der Waals surface area contributed by atoms with Crippen molar-refractivity contribution >= 4 is 5.96 Å². The van der Waals surface area contributed by atoms with Gasteiger partial charge in [0, 0.05) is 13.1 Å². The molecule has 6 heteroatoms. The van der Waals surface area contributed by atoms with E-state index >= 15 is 0 Å². The first-order chi connectivity index (χ1) is 13.3. The second-order valence-electron chi connectivity index (χ2n) is 7.25. The summed E-state index contributed by atoms with van der Waals surface area (Å²) >= 11 is 0. The zero-order chi connectivity index (χ0) is 20.6. The van der Waals surface area contributed by atoms with Gasteiger partial charge in [0.05, 0.1) is 12.6 Å². The predicted molar refractivity (Wildman–Crippen MR) is 113 cm³/mol. The quantitative estimate of drug-likeness (QED) is 0.482. The molecule has 0 fully saturated rings. The monoisotopic (exact) mass is 386 g/mol. The third kappa shape index (κ3) is 6.32. The van der Waals surface area contributed by atoms with Crippen LogP contribution in [0.4, 0.5) is 4.39 Å². The smallest absolute Gasteiger partial charge is 0.191 e. The SMILES string of the molecule is CCNC(=NCC(C)(O)c1ccccc1)NCC(c1cccc(F)c1)N(C)C. The summed E-state index contributed by atoms with van der Waals surface area (Å²) in [5.74, 6) is 0.366. The van der Waals surface area contributed by atoms with E-state index in [4.69, 9.17) is 0 Å². The highest BCUT2D eigenvalue weighted by atomic mass is 19.1. The van der Waals surface area contributed by atoms with Crippen LogP contribution in [0.3, 0.4) is 0 Å². The van der Waals surface area contributed by atoms with Gasteiger partial charge in [-0.25, -0.2) is 9.38 Å². The van der Waals surface area contributed by atoms with Gasteiger partial charge in [0.2, 0.25) is 0 Å². The van der Waals surface area contributed by atoms with E-state index in [9.17, 15) is 9.50 Å². The Morgan fingerprint density at radius 1 is 1.14 bits per heavy atom. The summed E-state index contributed by atoms with van der Waals surface area (Å²) in [5, 5.41) is 17.3. The third-order valence-corrected chi connectivity index (χ3v) is 4.60. The van der Waals surface area contributed by atoms with E-state index in [-0.39, 0.29) is 18.4 Å². The zero-order valence-corrected chi connectivity index (χ0v) is 17.1. The zero-order valence-electron chi connectivity index (χ0n) is 17.1. The van der Waals surface area contributed by atoms with E-state index in [0.717, 1.165) is 11.1 Å². The van der Waals surface area contributed by atoms with E-state index in [2.05, 4.69) is 15.6 Å². The number of likely N-dealkylation sites (N-methyl/N-ethyl adjacent to an activating group) is 1. The topological polar surface area (TPSA) is 59.9 Å². The second kappa shape index (κ2) is 10.2. The summed E-state index contributed by atoms with van der Waals surface area (Å²) in [6, 6.07) is 16.1. The van der Waals surface area contributed by atoms with Crippen molar-refractivity contribution in [2.45, 2.75) is 25.5 Å². The van der Waals surface area contributed by atoms with Crippen LogP contribution < -0.4 is 10.6 Å². The molecule has 0 aliphatic heterocycles. The number of hydrogen-bond acceptors (Lipinski definition) is 3. The lowest BCUT2D eigenvalue weighted by Crippen LogP contribution is -2.42. The summed E-state index contributed by atoms with van der Waals surface area (Å²) in [7, 11) is 3.92. The number of guanidine groups is 1. The van der Waals surface area contributed by atoms with Crippen LogP contribution in [0.25, 0.3) is 0 Å². The molecule has 2 unspecified atom stereocenters. The molecule has 0 heterocycles. The van der Waals surface area contributed by atoms with Crippen LogP contribution in [0, 0.1) is 5.82 Å². The number of halogens is 1. The van der Waals surface area contributed by atoms with Crippen molar-refractivity contribution in [1.29, 1.82) is 0 Å². The fourth-order valence-electron chi connectivity index (χ4n) is 2.97. The maximum Gasteiger partial charge on any atom is 0.191 e. The summed E-state index contributed by atoms with van der Waals surface area (Å²) in [6.07, 6.45) is 0. The van der Waals surface area contributed by atoms with Crippen LogP contribution in [0.2, 0.25) is 0 Å². The highest BCUT2D eigenvalue weighted by Gasteiger charge is 2.23. The van der Waals surface area contributed by atoms with Crippen LogP contribution in [-0.4, -0.2) is 49.7 Å². The van der Waals surface area contributed by atoms with Crippen molar-refractivity contribution in [2.24, 2.45) is 4.99 Å². The summed E-state index contributed by atoms with van der Waals surface area (Å²) in [6.45, 7) is 5.22. The van der Waals surface area contributed by atoms with Gasteiger partial charge in [0.1, 0.15) is 11.4 Å². The molecule has 3 N–H and O–H groups in total. The van der Waals surface area contributed by atoms with Gasteiger partial charge in [-0.3, -0.25) is 0 Å². The predicted octanol–water partition coefficient (Wildman–Crippen LogP) is 2.89. The molecule has 2 rings (SSSR count). The summed E-state index contributed by atoms with van der Waals surface area (Å²) in [4.78, 5) is 6.59. The third-order valence-electron chi connectivity index (χ3n) is 4.60. The van der Waals surface area contributed by atoms with Gasteiger partial charge in [0.15, 0.2) is 5.96 Å². The van der Waals surface area contributed by atoms with Gasteiger partial charge in [-0.1, -0.05) is 42.5 Å². The molecular formula is C22H31FN4O. The molecule has 0 aromatic heterocycles. The highest BCUT2D eigenvalue weighted by Crippen LogP contribution is 2.21. The molecule has 2 atom stereocenters. The van der Waals surface area contributed by atoms with Crippen LogP contribution >= 0.6 is 0 Å². The number of aliphatic hydroxyl groups is 1. The number of nitrogens with zero attached hydrogens (tertiary/aromatic N) is 2. The number of aliphatic imine (C=N–C) groups is 1. The molecule has 152 valence electrons. The molecule has 0 aliphatic rings. The Bertz CT molecular complexity index is 762. The molecule has 0 bridgehead atoms. The second-order valence-corrected chi connectivity index (χ2v) is 7.25. The number of hydrogen-bond donors (Lipinski definition) is 3. The highest BCUT2D eigenvalue weighted by molar-refractivity contribution is 5.79. The van der Waals surface area contributed by atoms with Crippen molar-refractivity contribution in [3.8, 4) is 0 Å². The van der Waals surface area contributed by atoms with Gasteiger partial charge >= 0.3 is 0 Å². The molecule has 2 aromatic rings. The van der Waals surface area contributed by atoms with Gasteiger partial charge < -0.3 is 20.6 Å². The van der Waals surface area contributed by atoms with E-state index in [1.807, 2.05) is 62.3 Å². The minimum Gasteiger partial charge on any atom is -0.384 e. The average molecular weight is 387 g/mol. The molecule has 0 aliphatic carbocycles. The van der Waals surface area contributed by atoms with Crippen molar-refractivity contribution in [2.75, 3.05) is 33.7 Å². The van der Waals surface area contributed by atoms with Gasteiger partial charge in [-0.2, -0.15) is 0 Å². The first-order valence-electron chi connectivity index (χ1n) is 9.55. The van der Waals surface area contributed by atoms with Crippen molar-refractivity contribution < 1.29 is 9.50 Å². The largest absolute Gasteiger partial charge is 0.384 e. The maximum absolute atomic E-state index is 13.6. The molecule has 0 radical (unpaired) electrons. The Hall–Kier alpha value is -2.44. The van der Waals surface area contributed by atoms with Crippen LogP contribution in [0.5, 0.6) is 0 Å². The minimum atomic E-state index is -1.06. The lowest BCUT2D eigenvalue weighted by Gasteiger charge is -2.27. The fourth-order valence-corrected chi connectivity index (χ4v) is 2.97. The molecule has 28 heavy (non-hydrogen) atoms. The number of rotatable bonds is 8. The van der Waals surface area contributed by atoms with Crippen LogP contribution in [0.1, 0.15) is 31.0 Å². The molecule has 0 spiro atoms. The number of nitrogens with one attached hydrogen (secondary N) is 2. The Kier molecular flexibility index (Phi) is 7.96. The Morgan fingerprint density at radius 3 is 2.46 bits per heavy atom. The first-order valence-corrected chi connectivity index (χ1v) is 9.55. The van der Waals surface area contributed by atoms with Gasteiger partial charge in [-0.15, -0.1) is 0 Å². The van der Waals surface area contributed by atoms with Crippen molar-refractivity contribution in [1.82, 2.24) is 15.5 Å².